The number of carbonyl (C=O) groups is 3. The molecule has 174 valence electrons. The molecule has 1 saturated heterocycles. The molecule has 1 amide bonds. The summed E-state index contributed by atoms with van der Waals surface area (Å²) in [7, 11) is 0. The first kappa shape index (κ1) is 22.1. The number of rotatable bonds is 2. The molecule has 3 saturated carbocycles. The van der Waals surface area contributed by atoms with E-state index in [1.807, 2.05) is 0 Å². The Hall–Kier alpha value is -1.75. The number of allylic oxidation sites excluding steroid dienone is 4. The molecule has 0 spiro atoms. The van der Waals surface area contributed by atoms with E-state index in [4.69, 9.17) is 0 Å². The fourth-order valence-electron chi connectivity index (χ4n) is 8.52. The van der Waals surface area contributed by atoms with Gasteiger partial charge in [-0.1, -0.05) is 32.4 Å². The van der Waals surface area contributed by atoms with Gasteiger partial charge in [0, 0.05) is 29.8 Å². The van der Waals surface area contributed by atoms with Crippen LogP contribution in [0.5, 0.6) is 0 Å². The molecule has 0 aromatic heterocycles. The SMILES string of the molecule is C[C@@H]1CC2(O)[C@@H]3CCC4=CC(=O)C=C[C@]4(C)[C@H]3CC[C@]2(C)[C@H]1C(=O)C(=O)N1CCCCC1. The molecule has 0 bridgehead atoms. The van der Waals surface area contributed by atoms with E-state index in [0.29, 0.717) is 19.5 Å². The van der Waals surface area contributed by atoms with Gasteiger partial charge >= 0.3 is 0 Å². The second-order valence-electron chi connectivity index (χ2n) is 11.7. The number of carbonyl (C=O) groups excluding carboxylic acids is 3. The van der Waals surface area contributed by atoms with Crippen molar-refractivity contribution in [2.45, 2.75) is 77.7 Å². The number of amides is 1. The summed E-state index contributed by atoms with van der Waals surface area (Å²) in [6.45, 7) is 7.70. The predicted molar refractivity (Wildman–Crippen MR) is 122 cm³/mol. The number of fused-ring (bicyclic) bond motifs is 5. The number of nitrogens with zero attached hydrogens (tertiary/aromatic N) is 1. The Kier molecular flexibility index (Phi) is 5.09. The van der Waals surface area contributed by atoms with Crippen molar-refractivity contribution in [1.82, 2.24) is 4.90 Å². The zero-order chi connectivity index (χ0) is 22.9. The summed E-state index contributed by atoms with van der Waals surface area (Å²) >= 11 is 0. The highest BCUT2D eigenvalue weighted by atomic mass is 16.3. The van der Waals surface area contributed by atoms with Crippen LogP contribution < -0.4 is 0 Å². The Morgan fingerprint density at radius 2 is 1.81 bits per heavy atom. The number of piperidine rings is 1. The number of hydrogen-bond donors (Lipinski definition) is 1. The molecule has 0 radical (unpaired) electrons. The molecule has 1 N–H and O–H groups in total. The Labute approximate surface area is 191 Å². The van der Waals surface area contributed by atoms with Crippen LogP contribution in [-0.2, 0) is 14.4 Å². The van der Waals surface area contributed by atoms with Gasteiger partial charge in [-0.15, -0.1) is 0 Å². The highest BCUT2D eigenvalue weighted by Gasteiger charge is 2.69. The first-order valence-electron chi connectivity index (χ1n) is 12.6. The topological polar surface area (TPSA) is 74.7 Å². The summed E-state index contributed by atoms with van der Waals surface area (Å²) in [6.07, 6.45) is 12.5. The summed E-state index contributed by atoms with van der Waals surface area (Å²) in [5.41, 5.74) is -0.552. The molecular weight excluding hydrogens is 402 g/mol. The minimum atomic E-state index is -0.957. The molecule has 5 aliphatic rings. The van der Waals surface area contributed by atoms with Gasteiger partial charge in [-0.3, -0.25) is 14.4 Å². The Bertz CT molecular complexity index is 915. The van der Waals surface area contributed by atoms with Gasteiger partial charge in [0.05, 0.1) is 5.60 Å². The van der Waals surface area contributed by atoms with Gasteiger partial charge in [-0.25, -0.2) is 0 Å². The average molecular weight is 440 g/mol. The molecule has 32 heavy (non-hydrogen) atoms. The monoisotopic (exact) mass is 439 g/mol. The lowest BCUT2D eigenvalue weighted by Crippen LogP contribution is -2.61. The molecule has 4 fully saturated rings. The molecule has 0 aromatic rings. The lowest BCUT2D eigenvalue weighted by molar-refractivity contribution is -0.182. The maximum absolute atomic E-state index is 13.6. The van der Waals surface area contributed by atoms with Crippen molar-refractivity contribution >= 4 is 17.5 Å². The lowest BCUT2D eigenvalue weighted by Gasteiger charge is -2.60. The minimum Gasteiger partial charge on any atom is -0.389 e. The van der Waals surface area contributed by atoms with Gasteiger partial charge in [-0.2, -0.15) is 0 Å². The van der Waals surface area contributed by atoms with E-state index in [0.717, 1.165) is 44.9 Å². The van der Waals surface area contributed by atoms with Crippen molar-refractivity contribution in [2.24, 2.45) is 34.5 Å². The van der Waals surface area contributed by atoms with Crippen LogP contribution in [0.2, 0.25) is 0 Å². The number of ketones is 2. The summed E-state index contributed by atoms with van der Waals surface area (Å²) in [4.78, 5) is 40.5. The van der Waals surface area contributed by atoms with Crippen LogP contribution in [-0.4, -0.2) is 46.2 Å². The van der Waals surface area contributed by atoms with Crippen LogP contribution in [0.15, 0.2) is 23.8 Å². The fraction of sp³-hybridized carbons (Fsp3) is 0.741. The van der Waals surface area contributed by atoms with Crippen LogP contribution in [0.1, 0.15) is 72.1 Å². The smallest absolute Gasteiger partial charge is 0.290 e. The number of Topliss-reactive ketones (excluding diaryl/α,β-unsaturated/α-hetero) is 1. The molecule has 1 unspecified atom stereocenters. The number of likely N-dealkylation sites (tertiary alicyclic amines) is 1. The second kappa shape index (κ2) is 7.38. The molecule has 5 rings (SSSR count). The van der Waals surface area contributed by atoms with Crippen molar-refractivity contribution in [3.05, 3.63) is 23.8 Å². The third-order valence-electron chi connectivity index (χ3n) is 10.2. The Morgan fingerprint density at radius 1 is 1.09 bits per heavy atom. The van der Waals surface area contributed by atoms with Crippen LogP contribution in [0.25, 0.3) is 0 Å². The van der Waals surface area contributed by atoms with Gasteiger partial charge in [0.25, 0.3) is 5.91 Å². The van der Waals surface area contributed by atoms with Gasteiger partial charge in [0.2, 0.25) is 5.78 Å². The quantitative estimate of drug-likeness (QED) is 0.663. The maximum atomic E-state index is 13.6. The lowest BCUT2D eigenvalue weighted by atomic mass is 9.46. The minimum absolute atomic E-state index is 0.0155. The molecule has 5 nitrogen and oxygen atoms in total. The summed E-state index contributed by atoms with van der Waals surface area (Å²) in [5.74, 6) is -0.651. The van der Waals surface area contributed by atoms with E-state index in [1.165, 1.54) is 5.57 Å². The van der Waals surface area contributed by atoms with Gasteiger partial charge in [0.15, 0.2) is 5.78 Å². The highest BCUT2D eigenvalue weighted by Crippen LogP contribution is 2.68. The molecule has 7 atom stereocenters. The van der Waals surface area contributed by atoms with Crippen LogP contribution in [0.3, 0.4) is 0 Å². The molecule has 1 heterocycles. The van der Waals surface area contributed by atoms with Crippen LogP contribution >= 0.6 is 0 Å². The zero-order valence-electron chi connectivity index (χ0n) is 19.7. The summed E-state index contributed by atoms with van der Waals surface area (Å²) < 4.78 is 0. The predicted octanol–water partition coefficient (Wildman–Crippen LogP) is 3.85. The maximum Gasteiger partial charge on any atom is 0.290 e. The summed E-state index contributed by atoms with van der Waals surface area (Å²) in [6, 6.07) is 0. The molecule has 0 aromatic carbocycles. The van der Waals surface area contributed by atoms with E-state index in [9.17, 15) is 19.5 Å². The molecule has 4 aliphatic carbocycles. The summed E-state index contributed by atoms with van der Waals surface area (Å²) in [5, 5.41) is 12.3. The van der Waals surface area contributed by atoms with E-state index < -0.39 is 16.9 Å². The number of hydrogen-bond acceptors (Lipinski definition) is 4. The van der Waals surface area contributed by atoms with E-state index in [2.05, 4.69) is 26.8 Å². The van der Waals surface area contributed by atoms with Crippen molar-refractivity contribution < 1.29 is 19.5 Å². The molecule has 1 aliphatic heterocycles. The van der Waals surface area contributed by atoms with E-state index in [1.54, 1.807) is 17.1 Å². The van der Waals surface area contributed by atoms with Crippen molar-refractivity contribution in [3.63, 3.8) is 0 Å². The van der Waals surface area contributed by atoms with E-state index >= 15 is 0 Å². The largest absolute Gasteiger partial charge is 0.389 e. The Balaban J connectivity index is 1.46. The third-order valence-corrected chi connectivity index (χ3v) is 10.2. The van der Waals surface area contributed by atoms with Crippen LogP contribution in [0, 0.1) is 34.5 Å². The molecule has 5 heteroatoms. The second-order valence-corrected chi connectivity index (χ2v) is 11.7. The third kappa shape index (κ3) is 2.89. The zero-order valence-corrected chi connectivity index (χ0v) is 19.7. The van der Waals surface area contributed by atoms with Crippen molar-refractivity contribution in [1.29, 1.82) is 0 Å². The molecular formula is C27H37NO4. The fourth-order valence-corrected chi connectivity index (χ4v) is 8.52. The standard InChI is InChI=1S/C27H37NO4/c1-17-16-27(32)21-8-7-18-15-19(29)9-11-25(18,2)20(21)10-12-26(27,3)22(17)23(30)24(31)28-13-5-4-6-14-28/h9,11,15,17,20-22,32H,4-8,10,12-14,16H2,1-3H3/t17-,20+,21-,22-,25+,26-,27?/m1/s1. The average Bonchev–Trinajstić information content (AvgIpc) is 2.98. The first-order chi connectivity index (χ1) is 15.1. The first-order valence-corrected chi connectivity index (χ1v) is 12.6. The normalized spacial score (nSPS) is 45.6. The van der Waals surface area contributed by atoms with Gasteiger partial charge in [-0.05, 0) is 81.3 Å². The van der Waals surface area contributed by atoms with Gasteiger partial charge in [0.1, 0.15) is 0 Å². The van der Waals surface area contributed by atoms with Crippen molar-refractivity contribution in [3.8, 4) is 0 Å². The highest BCUT2D eigenvalue weighted by molar-refractivity contribution is 6.37. The van der Waals surface area contributed by atoms with Crippen LogP contribution in [0.4, 0.5) is 0 Å². The van der Waals surface area contributed by atoms with Crippen molar-refractivity contribution in [2.75, 3.05) is 13.1 Å². The number of aliphatic hydroxyl groups is 1. The van der Waals surface area contributed by atoms with Gasteiger partial charge < -0.3 is 10.0 Å². The van der Waals surface area contributed by atoms with E-state index in [-0.39, 0.29) is 40.6 Å². The Morgan fingerprint density at radius 3 is 2.53 bits per heavy atom.